The largest absolute Gasteiger partial charge is 0.465 e. The Hall–Kier alpha value is -2.74. The number of benzene rings is 3. The summed E-state index contributed by atoms with van der Waals surface area (Å²) < 4.78 is 46.9. The Balaban J connectivity index is 2.04. The predicted octanol–water partition coefficient (Wildman–Crippen LogP) is 5.61. The van der Waals surface area contributed by atoms with Crippen LogP contribution >= 0.6 is 11.6 Å². The van der Waals surface area contributed by atoms with Crippen LogP contribution < -0.4 is 0 Å². The molecule has 1 atom stereocenters. The van der Waals surface area contributed by atoms with Crippen LogP contribution in [0.15, 0.2) is 77.7 Å². The van der Waals surface area contributed by atoms with Crippen molar-refractivity contribution in [3.63, 3.8) is 0 Å². The van der Waals surface area contributed by atoms with Crippen molar-refractivity contribution >= 4 is 27.6 Å². The summed E-state index contributed by atoms with van der Waals surface area (Å²) in [4.78, 5) is 11.8. The Morgan fingerprint density at radius 1 is 1.00 bits per heavy atom. The van der Waals surface area contributed by atoms with E-state index in [1.165, 1.54) is 47.8 Å². The highest BCUT2D eigenvalue weighted by molar-refractivity contribution is 7.89. The number of rotatable bonds is 8. The molecule has 0 aliphatic heterocycles. The van der Waals surface area contributed by atoms with Crippen LogP contribution in [0.25, 0.3) is 0 Å². The Morgan fingerprint density at radius 2 is 1.59 bits per heavy atom. The van der Waals surface area contributed by atoms with Crippen LogP contribution in [0.3, 0.4) is 0 Å². The van der Waals surface area contributed by atoms with Crippen LogP contribution in [0.5, 0.6) is 0 Å². The fourth-order valence-corrected chi connectivity index (χ4v) is 5.24. The molecule has 0 unspecified atom stereocenters. The lowest BCUT2D eigenvalue weighted by atomic mass is 10.0. The highest BCUT2D eigenvalue weighted by atomic mass is 35.5. The minimum absolute atomic E-state index is 0.0578. The number of carbonyl (C=O) groups excluding carboxylic acids is 1. The molecule has 0 saturated carbocycles. The Kier molecular flexibility index (Phi) is 7.66. The number of nitrogens with zero attached hydrogens (tertiary/aromatic N) is 1. The number of sulfonamides is 1. The van der Waals surface area contributed by atoms with E-state index < -0.39 is 27.9 Å². The molecule has 0 spiro atoms. The van der Waals surface area contributed by atoms with Gasteiger partial charge in [0, 0.05) is 11.6 Å². The highest BCUT2D eigenvalue weighted by Crippen LogP contribution is 2.32. The maximum atomic E-state index is 13.6. The van der Waals surface area contributed by atoms with Crippen molar-refractivity contribution in [3.8, 4) is 0 Å². The van der Waals surface area contributed by atoms with Crippen LogP contribution in [-0.2, 0) is 21.3 Å². The van der Waals surface area contributed by atoms with Crippen molar-refractivity contribution in [2.75, 3.05) is 7.11 Å². The van der Waals surface area contributed by atoms with E-state index in [0.717, 1.165) is 0 Å². The van der Waals surface area contributed by atoms with Gasteiger partial charge in [-0.3, -0.25) is 0 Å². The van der Waals surface area contributed by atoms with Gasteiger partial charge in [0.15, 0.2) is 0 Å². The van der Waals surface area contributed by atoms with Gasteiger partial charge >= 0.3 is 5.97 Å². The van der Waals surface area contributed by atoms with Gasteiger partial charge in [-0.1, -0.05) is 42.8 Å². The van der Waals surface area contributed by atoms with Crippen LogP contribution in [-0.4, -0.2) is 25.8 Å². The number of carbonyl (C=O) groups is 1. The number of hydrogen-bond donors (Lipinski definition) is 0. The Labute approximate surface area is 192 Å². The van der Waals surface area contributed by atoms with Gasteiger partial charge in [-0.25, -0.2) is 17.6 Å². The molecule has 168 valence electrons. The van der Waals surface area contributed by atoms with E-state index in [2.05, 4.69) is 0 Å². The highest BCUT2D eigenvalue weighted by Gasteiger charge is 2.32. The summed E-state index contributed by atoms with van der Waals surface area (Å²) in [7, 11) is -2.63. The zero-order valence-electron chi connectivity index (χ0n) is 17.7. The second-order valence-corrected chi connectivity index (χ2v) is 9.50. The van der Waals surface area contributed by atoms with Crippen molar-refractivity contribution in [3.05, 3.63) is 100 Å². The normalized spacial score (nSPS) is 12.5. The first-order valence-corrected chi connectivity index (χ1v) is 11.8. The lowest BCUT2D eigenvalue weighted by molar-refractivity contribution is 0.0600. The quantitative estimate of drug-likeness (QED) is 0.397. The lowest BCUT2D eigenvalue weighted by Gasteiger charge is -2.31. The first-order valence-electron chi connectivity index (χ1n) is 9.96. The molecule has 3 rings (SSSR count). The molecule has 0 bridgehead atoms. The number of methoxy groups -OCH3 is 1. The number of esters is 1. The van der Waals surface area contributed by atoms with Gasteiger partial charge < -0.3 is 4.74 Å². The molecule has 0 aliphatic carbocycles. The molecule has 8 heteroatoms. The summed E-state index contributed by atoms with van der Waals surface area (Å²) in [6.07, 6.45) is 0.471. The molecule has 0 heterocycles. The van der Waals surface area contributed by atoms with Gasteiger partial charge in [-0.15, -0.1) is 0 Å². The van der Waals surface area contributed by atoms with Gasteiger partial charge in [-0.2, -0.15) is 4.31 Å². The van der Waals surface area contributed by atoms with E-state index in [0.29, 0.717) is 28.1 Å². The van der Waals surface area contributed by atoms with Crippen LogP contribution in [0.4, 0.5) is 4.39 Å². The minimum Gasteiger partial charge on any atom is -0.465 e. The minimum atomic E-state index is -3.93. The predicted molar refractivity (Wildman–Crippen MR) is 121 cm³/mol. The summed E-state index contributed by atoms with van der Waals surface area (Å²) >= 11 is 5.94. The molecule has 0 aliphatic rings. The molecule has 5 nitrogen and oxygen atoms in total. The molecule has 0 fully saturated rings. The summed E-state index contributed by atoms with van der Waals surface area (Å²) in [5.74, 6) is -0.867. The molecule has 0 aromatic heterocycles. The standard InChI is InChI=1S/C24H23ClFNO4S/c1-3-23(18-8-12-21(26)13-9-18)27(32(29,30)22-14-10-20(25)11-15-22)16-17-4-6-19(7-5-17)24(28)31-2/h4-15,23H,3,16H2,1-2H3/t23-/m0/s1. The third-order valence-electron chi connectivity index (χ3n) is 5.12. The van der Waals surface area contributed by atoms with Crippen LogP contribution in [0, 0.1) is 5.82 Å². The third kappa shape index (κ3) is 5.35. The zero-order chi connectivity index (χ0) is 23.3. The van der Waals surface area contributed by atoms with Gasteiger partial charge in [-0.05, 0) is 66.1 Å². The van der Waals surface area contributed by atoms with Crippen molar-refractivity contribution in [1.82, 2.24) is 4.31 Å². The second-order valence-electron chi connectivity index (χ2n) is 7.17. The fourth-order valence-electron chi connectivity index (χ4n) is 3.44. The van der Waals surface area contributed by atoms with Gasteiger partial charge in [0.1, 0.15) is 5.82 Å². The smallest absolute Gasteiger partial charge is 0.337 e. The molecule has 0 N–H and O–H groups in total. The molecule has 0 saturated heterocycles. The van der Waals surface area contributed by atoms with Crippen molar-refractivity contribution in [2.24, 2.45) is 0 Å². The Morgan fingerprint density at radius 3 is 2.12 bits per heavy atom. The van der Waals surface area contributed by atoms with Crippen LogP contribution in [0.1, 0.15) is 40.9 Å². The first-order chi connectivity index (χ1) is 15.3. The van der Waals surface area contributed by atoms with Crippen LogP contribution in [0.2, 0.25) is 5.02 Å². The molecule has 3 aromatic rings. The van der Waals surface area contributed by atoms with Crippen molar-refractivity contribution in [2.45, 2.75) is 30.8 Å². The summed E-state index contributed by atoms with van der Waals surface area (Å²) in [6, 6.07) is 17.8. The van der Waals surface area contributed by atoms with E-state index in [4.69, 9.17) is 16.3 Å². The van der Waals surface area contributed by atoms with Crippen molar-refractivity contribution in [1.29, 1.82) is 0 Å². The number of hydrogen-bond acceptors (Lipinski definition) is 4. The van der Waals surface area contributed by atoms with E-state index in [1.807, 2.05) is 6.92 Å². The van der Waals surface area contributed by atoms with Gasteiger partial charge in [0.05, 0.1) is 23.6 Å². The van der Waals surface area contributed by atoms with E-state index >= 15 is 0 Å². The lowest BCUT2D eigenvalue weighted by Crippen LogP contribution is -2.34. The monoisotopic (exact) mass is 475 g/mol. The second kappa shape index (κ2) is 10.3. The molecular weight excluding hydrogens is 453 g/mol. The average molecular weight is 476 g/mol. The molecular formula is C24H23ClFNO4S. The summed E-state index contributed by atoms with van der Waals surface area (Å²) in [5.41, 5.74) is 1.74. The molecule has 3 aromatic carbocycles. The maximum absolute atomic E-state index is 13.6. The topological polar surface area (TPSA) is 63.7 Å². The first kappa shape index (κ1) is 23.9. The van der Waals surface area contributed by atoms with E-state index in [-0.39, 0.29) is 11.4 Å². The zero-order valence-corrected chi connectivity index (χ0v) is 19.2. The molecule has 32 heavy (non-hydrogen) atoms. The summed E-state index contributed by atoms with van der Waals surface area (Å²) in [5, 5.41) is 0.430. The van der Waals surface area contributed by atoms with Crippen molar-refractivity contribution < 1.29 is 22.3 Å². The van der Waals surface area contributed by atoms with Gasteiger partial charge in [0.25, 0.3) is 0 Å². The maximum Gasteiger partial charge on any atom is 0.337 e. The Bertz CT molecular complexity index is 1160. The van der Waals surface area contributed by atoms with E-state index in [1.54, 1.807) is 36.4 Å². The number of ether oxygens (including phenoxy) is 1. The van der Waals surface area contributed by atoms with Gasteiger partial charge in [0.2, 0.25) is 10.0 Å². The third-order valence-corrected chi connectivity index (χ3v) is 7.24. The fraction of sp³-hybridized carbons (Fsp3) is 0.208. The SMILES string of the molecule is CC[C@@H](c1ccc(F)cc1)N(Cc1ccc(C(=O)OC)cc1)S(=O)(=O)c1ccc(Cl)cc1. The summed E-state index contributed by atoms with van der Waals surface area (Å²) in [6.45, 7) is 1.93. The number of halogens is 2. The average Bonchev–Trinajstić information content (AvgIpc) is 2.80. The molecule has 0 amide bonds. The van der Waals surface area contributed by atoms with E-state index in [9.17, 15) is 17.6 Å². The molecule has 0 radical (unpaired) electrons.